The Morgan fingerprint density at radius 2 is 1.56 bits per heavy atom. The molecule has 3 aromatic rings. The maximum atomic E-state index is 11.1. The summed E-state index contributed by atoms with van der Waals surface area (Å²) >= 11 is 15.4. The molecule has 0 saturated carbocycles. The van der Waals surface area contributed by atoms with Crippen molar-refractivity contribution in [2.45, 2.75) is 38.1 Å². The summed E-state index contributed by atoms with van der Waals surface area (Å²) in [6.07, 6.45) is 2.20. The maximum absolute atomic E-state index is 11.1. The molecule has 0 N–H and O–H groups in total. The number of hydrogen-bond acceptors (Lipinski definition) is 10. The van der Waals surface area contributed by atoms with Crippen LogP contribution in [0.4, 0.5) is 5.69 Å². The smallest absolute Gasteiger partial charge is 0.265 e. The Morgan fingerprint density at radius 3 is 2.17 bits per heavy atom. The lowest BCUT2D eigenvalue weighted by Crippen LogP contribution is -2.36. The standard InChI is InChI=1S/C21H20Cl2N2O6S4.C5H13N/c22-14-3-5-18-16(11-14)24(7-1-9-34(26,27)28)20(32-18)13-21-25(8-2-10-35(29,30)31)17-12-15(23)4-6-19(17)33-21;1-4-6(3)5-2/h3-6,11-13H,1-2,7-10H2,(H-,26,27,28,29,30,31);4-5H2,1-3H3/p-1. The number of benzene rings is 2. The molecule has 0 saturated heterocycles. The van der Waals surface area contributed by atoms with Crippen LogP contribution in [0.1, 0.15) is 31.7 Å². The molecule has 1 aliphatic heterocycles. The minimum absolute atomic E-state index is 0.138. The highest BCUT2D eigenvalue weighted by molar-refractivity contribution is 8.04. The number of rotatable bonds is 11. The fourth-order valence-corrected chi connectivity index (χ4v) is 7.54. The molecular formula is C26H32Cl2N3O6S4-. The number of thioether (sulfide) groups is 1. The molecule has 41 heavy (non-hydrogen) atoms. The van der Waals surface area contributed by atoms with Gasteiger partial charge in [-0.15, -0.1) is 0 Å². The van der Waals surface area contributed by atoms with Crippen molar-refractivity contribution in [2.24, 2.45) is 0 Å². The molecule has 9 nitrogen and oxygen atoms in total. The van der Waals surface area contributed by atoms with Gasteiger partial charge in [0.2, 0.25) is 5.52 Å². The number of fused-ring (bicyclic) bond motifs is 2. The Morgan fingerprint density at radius 1 is 0.951 bits per heavy atom. The van der Waals surface area contributed by atoms with E-state index in [1.54, 1.807) is 24.3 Å². The molecule has 0 aliphatic carbocycles. The van der Waals surface area contributed by atoms with Crippen LogP contribution in [0.15, 0.2) is 46.3 Å². The van der Waals surface area contributed by atoms with Gasteiger partial charge in [0.1, 0.15) is 4.70 Å². The average Bonchev–Trinajstić information content (AvgIpc) is 3.39. The molecule has 0 unspecified atom stereocenters. The predicted octanol–water partition coefficient (Wildman–Crippen LogP) is 5.23. The van der Waals surface area contributed by atoms with Crippen LogP contribution >= 0.6 is 46.3 Å². The van der Waals surface area contributed by atoms with Crippen molar-refractivity contribution in [3.8, 4) is 0 Å². The van der Waals surface area contributed by atoms with Gasteiger partial charge in [0.15, 0.2) is 6.54 Å². The summed E-state index contributed by atoms with van der Waals surface area (Å²) in [5.41, 5.74) is 1.62. The van der Waals surface area contributed by atoms with Crippen molar-refractivity contribution < 1.29 is 30.5 Å². The first-order valence-electron chi connectivity index (χ1n) is 12.8. The largest absolute Gasteiger partial charge is 0.748 e. The summed E-state index contributed by atoms with van der Waals surface area (Å²) in [6, 6.07) is 10.8. The third-order valence-corrected chi connectivity index (χ3v) is 10.5. The van der Waals surface area contributed by atoms with E-state index in [1.807, 2.05) is 27.7 Å². The number of anilines is 1. The Labute approximate surface area is 260 Å². The average molecular weight is 682 g/mol. The molecule has 0 amide bonds. The summed E-state index contributed by atoms with van der Waals surface area (Å²) in [7, 11) is -6.58. The van der Waals surface area contributed by atoms with Crippen LogP contribution in [0, 0.1) is 0 Å². The molecule has 2 heterocycles. The van der Waals surface area contributed by atoms with Crippen molar-refractivity contribution in [2.75, 3.05) is 43.1 Å². The zero-order chi connectivity index (χ0) is 30.4. The second kappa shape index (κ2) is 14.8. The van der Waals surface area contributed by atoms with Crippen LogP contribution in [-0.4, -0.2) is 69.0 Å². The van der Waals surface area contributed by atoms with Gasteiger partial charge in [-0.25, -0.2) is 16.8 Å². The summed E-state index contributed by atoms with van der Waals surface area (Å²) in [6.45, 7) is 7.22. The number of hydrogen-bond donors (Lipinski definition) is 0. The number of aromatic nitrogens is 1. The zero-order valence-electron chi connectivity index (χ0n) is 22.9. The summed E-state index contributed by atoms with van der Waals surface area (Å²) in [4.78, 5) is 5.10. The summed E-state index contributed by atoms with van der Waals surface area (Å²) in [5.74, 6) is -0.967. The molecule has 2 aromatic carbocycles. The topological polar surface area (TPSA) is 125 Å². The minimum atomic E-state index is -4.35. The quantitative estimate of drug-likeness (QED) is 0.198. The number of halogens is 2. The van der Waals surface area contributed by atoms with Gasteiger partial charge in [-0.2, -0.15) is 4.57 Å². The molecule has 1 aromatic heterocycles. The van der Waals surface area contributed by atoms with Crippen molar-refractivity contribution in [3.63, 3.8) is 0 Å². The van der Waals surface area contributed by atoms with Gasteiger partial charge in [-0.1, -0.05) is 60.1 Å². The molecule has 0 atom stereocenters. The molecule has 0 spiro atoms. The van der Waals surface area contributed by atoms with E-state index in [4.69, 9.17) is 23.2 Å². The number of nitrogens with zero attached hydrogens (tertiary/aromatic N) is 3. The van der Waals surface area contributed by atoms with Crippen molar-refractivity contribution >= 4 is 88.5 Å². The number of thiazole rings is 1. The first-order valence-corrected chi connectivity index (χ1v) is 18.4. The van der Waals surface area contributed by atoms with Gasteiger partial charge in [0.05, 0.1) is 37.0 Å². The highest BCUT2D eigenvalue weighted by atomic mass is 35.5. The normalized spacial score (nSPS) is 14.5. The van der Waals surface area contributed by atoms with Crippen LogP contribution in [0.25, 0.3) is 16.3 Å². The fraction of sp³-hybridized carbons (Fsp3) is 0.423. The van der Waals surface area contributed by atoms with E-state index in [-0.39, 0.29) is 12.8 Å². The zero-order valence-corrected chi connectivity index (χ0v) is 27.7. The van der Waals surface area contributed by atoms with E-state index in [1.165, 1.54) is 23.1 Å². The highest BCUT2D eigenvalue weighted by Gasteiger charge is 2.28. The van der Waals surface area contributed by atoms with Crippen LogP contribution < -0.4 is 9.47 Å². The van der Waals surface area contributed by atoms with E-state index in [0.717, 1.165) is 43.9 Å². The fourth-order valence-electron chi connectivity index (χ4n) is 3.95. The van der Waals surface area contributed by atoms with Gasteiger partial charge in [0.25, 0.3) is 5.01 Å². The second-order valence-electron chi connectivity index (χ2n) is 9.27. The monoisotopic (exact) mass is 680 g/mol. The van der Waals surface area contributed by atoms with E-state index in [9.17, 15) is 25.9 Å². The first-order chi connectivity index (χ1) is 19.2. The van der Waals surface area contributed by atoms with Crippen LogP contribution in [0.2, 0.25) is 10.0 Å². The molecule has 0 fully saturated rings. The van der Waals surface area contributed by atoms with Crippen LogP contribution in [0.5, 0.6) is 0 Å². The lowest BCUT2D eigenvalue weighted by atomic mass is 10.2. The third kappa shape index (κ3) is 10.4. The minimum Gasteiger partial charge on any atom is -0.748 e. The molecule has 15 heteroatoms. The molecule has 4 rings (SSSR count). The van der Waals surface area contributed by atoms with E-state index < -0.39 is 31.7 Å². The van der Waals surface area contributed by atoms with Gasteiger partial charge in [-0.3, -0.25) is 0 Å². The van der Waals surface area contributed by atoms with Crippen LogP contribution in [0.3, 0.4) is 0 Å². The maximum Gasteiger partial charge on any atom is 0.265 e. The predicted molar refractivity (Wildman–Crippen MR) is 167 cm³/mol. The molecule has 0 radical (unpaired) electrons. The van der Waals surface area contributed by atoms with Gasteiger partial charge >= 0.3 is 0 Å². The molecule has 0 bridgehead atoms. The lowest BCUT2D eigenvalue weighted by molar-refractivity contribution is -0.668. The Kier molecular flexibility index (Phi) is 12.3. The Bertz CT molecular complexity index is 1610. The SMILES string of the molecule is CCN(C)CC.O=S(=O)([O-])CCCN1/C(=C/c2sc3ccc(Cl)cc3[n+]2CCCS(=O)(=O)[O-])Sc2ccc(Cl)cc21. The van der Waals surface area contributed by atoms with Crippen molar-refractivity contribution in [1.29, 1.82) is 0 Å². The van der Waals surface area contributed by atoms with E-state index in [2.05, 4.69) is 25.8 Å². The molecule has 226 valence electrons. The van der Waals surface area contributed by atoms with Gasteiger partial charge in [0, 0.05) is 45.5 Å². The Balaban J connectivity index is 0.000000696. The van der Waals surface area contributed by atoms with E-state index >= 15 is 0 Å². The number of aryl methyl sites for hydroxylation is 1. The molecule has 1 aliphatic rings. The lowest BCUT2D eigenvalue weighted by Gasteiger charge is -2.20. The van der Waals surface area contributed by atoms with Gasteiger partial charge in [-0.05, 0) is 56.9 Å². The Hall–Kier alpha value is -1.42. The van der Waals surface area contributed by atoms with Crippen LogP contribution in [-0.2, 0) is 26.8 Å². The highest BCUT2D eigenvalue weighted by Crippen LogP contribution is 2.48. The first kappa shape index (κ1) is 34.1. The van der Waals surface area contributed by atoms with Gasteiger partial charge < -0.3 is 18.9 Å². The van der Waals surface area contributed by atoms with Crippen molar-refractivity contribution in [3.05, 3.63) is 56.5 Å². The third-order valence-electron chi connectivity index (χ3n) is 6.26. The summed E-state index contributed by atoms with van der Waals surface area (Å²) < 4.78 is 69.6. The van der Waals surface area contributed by atoms with E-state index in [0.29, 0.717) is 23.1 Å². The van der Waals surface area contributed by atoms with Crippen molar-refractivity contribution in [1.82, 2.24) is 4.90 Å². The molecular weight excluding hydrogens is 649 g/mol. The second-order valence-corrected chi connectivity index (χ2v) is 15.3. The summed E-state index contributed by atoms with van der Waals surface area (Å²) in [5, 5.41) is 2.65.